The van der Waals surface area contributed by atoms with Crippen molar-refractivity contribution in [2.45, 2.75) is 12.8 Å². The third-order valence-corrected chi connectivity index (χ3v) is 4.47. The molecule has 2 saturated heterocycles. The number of rotatable bonds is 1. The molecule has 0 spiro atoms. The molecular weight excluding hydrogens is 262 g/mol. The zero-order valence-corrected chi connectivity index (χ0v) is 11.2. The molecule has 0 radical (unpaired) electrons. The Morgan fingerprint density at radius 1 is 1.10 bits per heavy atom. The summed E-state index contributed by atoms with van der Waals surface area (Å²) in [4.78, 5) is 14.1. The highest BCUT2D eigenvalue weighted by atomic mass is 19.2. The number of carbonyl (C=O) groups excluding carboxylic acids is 1. The van der Waals surface area contributed by atoms with E-state index < -0.39 is 11.6 Å². The van der Waals surface area contributed by atoms with Crippen LogP contribution in [0.25, 0.3) is 0 Å². The lowest BCUT2D eigenvalue weighted by atomic mass is 9.92. The maximum atomic E-state index is 13.2. The molecule has 0 aliphatic carbocycles. The smallest absolute Gasteiger partial charge is 0.253 e. The van der Waals surface area contributed by atoms with Gasteiger partial charge in [-0.25, -0.2) is 8.78 Å². The van der Waals surface area contributed by atoms with E-state index in [0.29, 0.717) is 24.9 Å². The first-order valence-corrected chi connectivity index (χ1v) is 7.10. The van der Waals surface area contributed by atoms with Crippen molar-refractivity contribution in [3.63, 3.8) is 0 Å². The largest absolute Gasteiger partial charge is 0.339 e. The SMILES string of the molecule is O=C(c1ccc(F)c(F)c1)N1CC[C@@H]2CNC[C@@H]2CC1. The Bertz CT molecular complexity index is 507. The molecule has 1 N–H and O–H groups in total. The van der Waals surface area contributed by atoms with Crippen LogP contribution in [0.3, 0.4) is 0 Å². The van der Waals surface area contributed by atoms with Crippen LogP contribution in [0.15, 0.2) is 18.2 Å². The molecule has 2 atom stereocenters. The van der Waals surface area contributed by atoms with Gasteiger partial charge in [-0.2, -0.15) is 0 Å². The maximum Gasteiger partial charge on any atom is 0.253 e. The lowest BCUT2D eigenvalue weighted by Gasteiger charge is -2.21. The quantitative estimate of drug-likeness (QED) is 0.854. The van der Waals surface area contributed by atoms with Crippen molar-refractivity contribution in [2.24, 2.45) is 11.8 Å². The Morgan fingerprint density at radius 3 is 2.35 bits per heavy atom. The van der Waals surface area contributed by atoms with Gasteiger partial charge < -0.3 is 10.2 Å². The van der Waals surface area contributed by atoms with E-state index >= 15 is 0 Å². The van der Waals surface area contributed by atoms with E-state index in [2.05, 4.69) is 5.32 Å². The van der Waals surface area contributed by atoms with Crippen molar-refractivity contribution < 1.29 is 13.6 Å². The Labute approximate surface area is 117 Å². The monoisotopic (exact) mass is 280 g/mol. The Morgan fingerprint density at radius 2 is 1.75 bits per heavy atom. The number of benzene rings is 1. The van der Waals surface area contributed by atoms with Crippen molar-refractivity contribution in [1.29, 1.82) is 0 Å². The van der Waals surface area contributed by atoms with Gasteiger partial charge in [0.05, 0.1) is 0 Å². The Kier molecular flexibility index (Phi) is 3.70. The van der Waals surface area contributed by atoms with E-state index in [-0.39, 0.29) is 11.5 Å². The summed E-state index contributed by atoms with van der Waals surface area (Å²) in [6, 6.07) is 3.36. The molecule has 0 saturated carbocycles. The number of fused-ring (bicyclic) bond motifs is 1. The molecule has 2 fully saturated rings. The second kappa shape index (κ2) is 5.48. The number of amides is 1. The summed E-state index contributed by atoms with van der Waals surface area (Å²) >= 11 is 0. The van der Waals surface area contributed by atoms with Crippen molar-refractivity contribution in [2.75, 3.05) is 26.2 Å². The van der Waals surface area contributed by atoms with Gasteiger partial charge in [-0.15, -0.1) is 0 Å². The fourth-order valence-electron chi connectivity index (χ4n) is 3.23. The summed E-state index contributed by atoms with van der Waals surface area (Å²) in [5, 5.41) is 3.39. The number of hydrogen-bond donors (Lipinski definition) is 1. The van der Waals surface area contributed by atoms with Crippen LogP contribution in [-0.4, -0.2) is 37.0 Å². The summed E-state index contributed by atoms with van der Waals surface area (Å²) in [5.74, 6) is -0.808. The normalized spacial score (nSPS) is 26.2. The number of carbonyl (C=O) groups is 1. The van der Waals surface area contributed by atoms with Crippen LogP contribution in [0.5, 0.6) is 0 Å². The van der Waals surface area contributed by atoms with Crippen LogP contribution >= 0.6 is 0 Å². The summed E-state index contributed by atoms with van der Waals surface area (Å²) in [5.41, 5.74) is 0.231. The highest BCUT2D eigenvalue weighted by Gasteiger charge is 2.31. The average Bonchev–Trinajstić information content (AvgIpc) is 2.80. The van der Waals surface area contributed by atoms with E-state index in [1.807, 2.05) is 0 Å². The van der Waals surface area contributed by atoms with Crippen molar-refractivity contribution in [1.82, 2.24) is 10.2 Å². The molecule has 1 aromatic carbocycles. The van der Waals surface area contributed by atoms with Gasteiger partial charge in [-0.3, -0.25) is 4.79 Å². The van der Waals surface area contributed by atoms with E-state index in [4.69, 9.17) is 0 Å². The van der Waals surface area contributed by atoms with E-state index in [1.165, 1.54) is 6.07 Å². The summed E-state index contributed by atoms with van der Waals surface area (Å²) < 4.78 is 26.1. The standard InChI is InChI=1S/C15H18F2N2O/c16-13-2-1-10(7-14(13)17)15(20)19-5-3-11-8-18-9-12(11)4-6-19/h1-2,7,11-12,18H,3-6,8-9H2/t11-,12+. The molecule has 1 aromatic rings. The van der Waals surface area contributed by atoms with Gasteiger partial charge in [0.25, 0.3) is 5.91 Å². The van der Waals surface area contributed by atoms with Crippen LogP contribution in [0.1, 0.15) is 23.2 Å². The van der Waals surface area contributed by atoms with Crippen LogP contribution in [0.4, 0.5) is 8.78 Å². The highest BCUT2D eigenvalue weighted by Crippen LogP contribution is 2.27. The number of likely N-dealkylation sites (tertiary alicyclic amines) is 1. The summed E-state index contributed by atoms with van der Waals surface area (Å²) in [6.07, 6.45) is 1.96. The lowest BCUT2D eigenvalue weighted by molar-refractivity contribution is 0.0758. The van der Waals surface area contributed by atoms with Gasteiger partial charge in [0.15, 0.2) is 11.6 Å². The molecule has 20 heavy (non-hydrogen) atoms. The molecule has 1 amide bonds. The number of halogens is 2. The summed E-state index contributed by atoms with van der Waals surface area (Å²) in [7, 11) is 0. The van der Waals surface area contributed by atoms with Gasteiger partial charge in [0, 0.05) is 18.7 Å². The molecule has 108 valence electrons. The van der Waals surface area contributed by atoms with Crippen molar-refractivity contribution >= 4 is 5.91 Å². The molecule has 0 unspecified atom stereocenters. The van der Waals surface area contributed by atoms with E-state index in [1.54, 1.807) is 4.90 Å². The first-order chi connectivity index (χ1) is 9.65. The second-order valence-corrected chi connectivity index (χ2v) is 5.68. The van der Waals surface area contributed by atoms with Crippen LogP contribution in [0.2, 0.25) is 0 Å². The lowest BCUT2D eigenvalue weighted by Crippen LogP contribution is -2.32. The third kappa shape index (κ3) is 2.54. The van der Waals surface area contributed by atoms with Crippen LogP contribution < -0.4 is 5.32 Å². The zero-order chi connectivity index (χ0) is 14.1. The van der Waals surface area contributed by atoms with Gasteiger partial charge in [-0.05, 0) is 56.0 Å². The molecule has 0 bridgehead atoms. The zero-order valence-electron chi connectivity index (χ0n) is 11.2. The molecule has 3 rings (SSSR count). The first kappa shape index (κ1) is 13.5. The number of nitrogens with zero attached hydrogens (tertiary/aromatic N) is 1. The van der Waals surface area contributed by atoms with Gasteiger partial charge in [0.1, 0.15) is 0 Å². The van der Waals surface area contributed by atoms with Crippen molar-refractivity contribution in [3.05, 3.63) is 35.4 Å². The van der Waals surface area contributed by atoms with Gasteiger partial charge in [-0.1, -0.05) is 0 Å². The molecular formula is C15H18F2N2O. The molecule has 5 heteroatoms. The minimum absolute atomic E-state index is 0.197. The minimum atomic E-state index is -0.966. The first-order valence-electron chi connectivity index (χ1n) is 7.10. The van der Waals surface area contributed by atoms with Crippen LogP contribution in [0, 0.1) is 23.5 Å². The third-order valence-electron chi connectivity index (χ3n) is 4.47. The molecule has 2 heterocycles. The highest BCUT2D eigenvalue weighted by molar-refractivity contribution is 5.94. The predicted octanol–water partition coefficient (Wildman–Crippen LogP) is 2.04. The van der Waals surface area contributed by atoms with Crippen LogP contribution in [-0.2, 0) is 0 Å². The van der Waals surface area contributed by atoms with E-state index in [0.717, 1.165) is 38.1 Å². The molecule has 2 aliphatic heterocycles. The Balaban J connectivity index is 1.72. The minimum Gasteiger partial charge on any atom is -0.339 e. The topological polar surface area (TPSA) is 32.3 Å². The fourth-order valence-corrected chi connectivity index (χ4v) is 3.23. The maximum absolute atomic E-state index is 13.2. The second-order valence-electron chi connectivity index (χ2n) is 5.68. The molecule has 2 aliphatic rings. The summed E-state index contributed by atoms with van der Waals surface area (Å²) in [6.45, 7) is 3.44. The molecule has 0 aromatic heterocycles. The predicted molar refractivity (Wildman–Crippen MR) is 71.3 cm³/mol. The number of nitrogens with one attached hydrogen (secondary N) is 1. The van der Waals surface area contributed by atoms with Gasteiger partial charge >= 0.3 is 0 Å². The van der Waals surface area contributed by atoms with Crippen molar-refractivity contribution in [3.8, 4) is 0 Å². The average molecular weight is 280 g/mol. The number of hydrogen-bond acceptors (Lipinski definition) is 2. The fraction of sp³-hybridized carbons (Fsp3) is 0.533. The van der Waals surface area contributed by atoms with E-state index in [9.17, 15) is 13.6 Å². The Hall–Kier alpha value is -1.49. The molecule has 3 nitrogen and oxygen atoms in total. The van der Waals surface area contributed by atoms with Gasteiger partial charge in [0.2, 0.25) is 0 Å².